The fourth-order valence-corrected chi connectivity index (χ4v) is 5.47. The van der Waals surface area contributed by atoms with Crippen molar-refractivity contribution >= 4 is 39.1 Å². The largest absolute Gasteiger partial charge is 0.300 e. The summed E-state index contributed by atoms with van der Waals surface area (Å²) in [5, 5.41) is 0. The maximum atomic E-state index is 13.6. The van der Waals surface area contributed by atoms with E-state index in [2.05, 4.69) is 4.72 Å². The number of anilines is 1. The van der Waals surface area contributed by atoms with Crippen molar-refractivity contribution in [2.75, 3.05) is 4.72 Å². The zero-order valence-electron chi connectivity index (χ0n) is 17.8. The van der Waals surface area contributed by atoms with Gasteiger partial charge in [-0.2, -0.15) is 0 Å². The third kappa shape index (κ3) is 4.30. The van der Waals surface area contributed by atoms with Crippen LogP contribution in [0.1, 0.15) is 58.4 Å². The number of ketones is 2. The molecule has 2 aliphatic rings. The number of nitrogens with zero attached hydrogens (tertiary/aromatic N) is 1. The summed E-state index contributed by atoms with van der Waals surface area (Å²) in [6.07, 6.45) is 0.947. The number of carbonyl (C=O) groups is 4. The van der Waals surface area contributed by atoms with Gasteiger partial charge in [-0.05, 0) is 55.7 Å². The molecule has 1 aliphatic carbocycles. The summed E-state index contributed by atoms with van der Waals surface area (Å²) >= 11 is 0. The standard InChI is InChI=1S/C23H21FN2O6S/c1-13-5-6-14(24)11-21(13)33(31,32)25-15-7-9-17-18(12-15)23(30)26(22(17)29)19-10-8-16(27)3-2-4-20(19)28/h5-7,9,11-12,19,25H,2-4,8,10H2,1H3. The van der Waals surface area contributed by atoms with Gasteiger partial charge in [-0.25, -0.2) is 12.8 Å². The fourth-order valence-electron chi connectivity index (χ4n) is 4.16. The Hall–Kier alpha value is -3.40. The van der Waals surface area contributed by atoms with E-state index in [1.807, 2.05) is 0 Å². The normalized spacial score (nSPS) is 19.3. The van der Waals surface area contributed by atoms with Crippen molar-refractivity contribution in [2.24, 2.45) is 0 Å². The lowest BCUT2D eigenvalue weighted by Gasteiger charge is -2.26. The number of Topliss-reactive ketones (excluding diaryl/α,β-unsaturated/α-hetero) is 2. The molecule has 172 valence electrons. The summed E-state index contributed by atoms with van der Waals surface area (Å²) in [5.41, 5.74) is 0.350. The molecule has 1 atom stereocenters. The highest BCUT2D eigenvalue weighted by Crippen LogP contribution is 2.31. The highest BCUT2D eigenvalue weighted by molar-refractivity contribution is 7.92. The van der Waals surface area contributed by atoms with Crippen molar-refractivity contribution in [3.8, 4) is 0 Å². The number of imide groups is 1. The Labute approximate surface area is 189 Å². The Kier molecular flexibility index (Phi) is 5.87. The molecule has 0 radical (unpaired) electrons. The molecule has 1 unspecified atom stereocenters. The second kappa shape index (κ2) is 8.51. The van der Waals surface area contributed by atoms with Gasteiger partial charge in [0, 0.05) is 24.9 Å². The molecular weight excluding hydrogens is 451 g/mol. The molecule has 1 heterocycles. The lowest BCUT2D eigenvalue weighted by atomic mass is 9.94. The number of amides is 2. The predicted molar refractivity (Wildman–Crippen MR) is 116 cm³/mol. The third-order valence-electron chi connectivity index (χ3n) is 5.87. The van der Waals surface area contributed by atoms with E-state index in [4.69, 9.17) is 0 Å². The van der Waals surface area contributed by atoms with Crippen LogP contribution in [-0.2, 0) is 19.6 Å². The molecule has 2 aromatic rings. The van der Waals surface area contributed by atoms with E-state index in [0.717, 1.165) is 17.0 Å². The van der Waals surface area contributed by atoms with E-state index in [9.17, 15) is 32.0 Å². The van der Waals surface area contributed by atoms with Crippen molar-refractivity contribution in [3.63, 3.8) is 0 Å². The SMILES string of the molecule is Cc1ccc(F)cc1S(=O)(=O)Nc1ccc2c(c1)C(=O)N(C1CCC(=O)CCCC1=O)C2=O. The molecule has 1 fully saturated rings. The first kappa shape index (κ1) is 22.8. The number of aryl methyl sites for hydroxylation is 1. The number of hydrogen-bond acceptors (Lipinski definition) is 6. The summed E-state index contributed by atoms with van der Waals surface area (Å²) in [7, 11) is -4.16. The molecule has 33 heavy (non-hydrogen) atoms. The summed E-state index contributed by atoms with van der Waals surface area (Å²) in [4.78, 5) is 51.0. The van der Waals surface area contributed by atoms with Crippen LogP contribution in [0.2, 0.25) is 0 Å². The average molecular weight is 472 g/mol. The van der Waals surface area contributed by atoms with Gasteiger partial charge >= 0.3 is 0 Å². The molecule has 2 amide bonds. The first-order valence-corrected chi connectivity index (χ1v) is 11.9. The highest BCUT2D eigenvalue weighted by atomic mass is 32.2. The minimum Gasteiger partial charge on any atom is -0.300 e. The van der Waals surface area contributed by atoms with Gasteiger partial charge in [0.1, 0.15) is 11.6 Å². The van der Waals surface area contributed by atoms with Crippen molar-refractivity contribution in [1.29, 1.82) is 0 Å². The Balaban J connectivity index is 1.63. The fraction of sp³-hybridized carbons (Fsp3) is 0.304. The van der Waals surface area contributed by atoms with Crippen LogP contribution < -0.4 is 4.72 Å². The van der Waals surface area contributed by atoms with Crippen molar-refractivity contribution < 1.29 is 32.0 Å². The van der Waals surface area contributed by atoms with Crippen LogP contribution in [0, 0.1) is 12.7 Å². The molecule has 10 heteroatoms. The van der Waals surface area contributed by atoms with Gasteiger partial charge in [0.05, 0.1) is 22.1 Å². The molecule has 1 aliphatic heterocycles. The van der Waals surface area contributed by atoms with Crippen LogP contribution in [0.4, 0.5) is 10.1 Å². The molecule has 2 aromatic carbocycles. The smallest absolute Gasteiger partial charge is 0.262 e. The number of benzene rings is 2. The van der Waals surface area contributed by atoms with Crippen molar-refractivity contribution in [2.45, 2.75) is 50.0 Å². The van der Waals surface area contributed by atoms with Gasteiger partial charge in [-0.1, -0.05) is 6.07 Å². The number of rotatable bonds is 4. The van der Waals surface area contributed by atoms with Gasteiger partial charge in [0.25, 0.3) is 21.8 Å². The average Bonchev–Trinajstić information content (AvgIpc) is 2.99. The maximum Gasteiger partial charge on any atom is 0.262 e. The predicted octanol–water partition coefficient (Wildman–Crippen LogP) is 3.00. The van der Waals surface area contributed by atoms with Gasteiger partial charge in [-0.15, -0.1) is 0 Å². The third-order valence-corrected chi connectivity index (χ3v) is 7.39. The molecule has 8 nitrogen and oxygen atoms in total. The monoisotopic (exact) mass is 472 g/mol. The first-order valence-electron chi connectivity index (χ1n) is 10.4. The Morgan fingerprint density at radius 2 is 1.67 bits per heavy atom. The van der Waals surface area contributed by atoms with Gasteiger partial charge < -0.3 is 0 Å². The lowest BCUT2D eigenvalue weighted by Crippen LogP contribution is -2.45. The number of halogens is 1. The molecule has 0 saturated heterocycles. The molecule has 4 rings (SSSR count). The Morgan fingerprint density at radius 3 is 2.42 bits per heavy atom. The van der Waals surface area contributed by atoms with Crippen molar-refractivity contribution in [1.82, 2.24) is 4.90 Å². The molecule has 0 bridgehead atoms. The Bertz CT molecular complexity index is 1300. The first-order chi connectivity index (χ1) is 15.6. The number of carbonyl (C=O) groups excluding carboxylic acids is 4. The molecule has 1 N–H and O–H groups in total. The zero-order chi connectivity index (χ0) is 23.9. The summed E-state index contributed by atoms with van der Waals surface area (Å²) in [6, 6.07) is 6.20. The summed E-state index contributed by atoms with van der Waals surface area (Å²) < 4.78 is 41.4. The number of hydrogen-bond donors (Lipinski definition) is 1. The van der Waals surface area contributed by atoms with Crippen LogP contribution in [0.5, 0.6) is 0 Å². The van der Waals surface area contributed by atoms with E-state index >= 15 is 0 Å². The van der Waals surface area contributed by atoms with Gasteiger partial charge in [-0.3, -0.25) is 28.8 Å². The topological polar surface area (TPSA) is 118 Å². The summed E-state index contributed by atoms with van der Waals surface area (Å²) in [6.45, 7) is 1.52. The number of nitrogens with one attached hydrogen (secondary N) is 1. The molecule has 0 spiro atoms. The van der Waals surface area contributed by atoms with Crippen LogP contribution in [0.15, 0.2) is 41.3 Å². The van der Waals surface area contributed by atoms with E-state index < -0.39 is 33.7 Å². The van der Waals surface area contributed by atoms with Crippen LogP contribution in [0.25, 0.3) is 0 Å². The summed E-state index contributed by atoms with van der Waals surface area (Å²) in [5.74, 6) is -2.39. The van der Waals surface area contributed by atoms with Crippen LogP contribution >= 0.6 is 0 Å². The number of sulfonamides is 1. The van der Waals surface area contributed by atoms with Crippen LogP contribution in [-0.4, -0.2) is 42.7 Å². The highest BCUT2D eigenvalue weighted by Gasteiger charge is 2.43. The van der Waals surface area contributed by atoms with Gasteiger partial charge in [0.15, 0.2) is 5.78 Å². The quantitative estimate of drug-likeness (QED) is 0.684. The minimum atomic E-state index is -4.16. The van der Waals surface area contributed by atoms with E-state index in [1.54, 1.807) is 0 Å². The molecule has 0 aromatic heterocycles. The lowest BCUT2D eigenvalue weighted by molar-refractivity contribution is -0.125. The molecular formula is C23H21FN2O6S. The zero-order valence-corrected chi connectivity index (χ0v) is 18.6. The second-order valence-electron chi connectivity index (χ2n) is 8.17. The van der Waals surface area contributed by atoms with E-state index in [1.165, 1.54) is 31.2 Å². The van der Waals surface area contributed by atoms with Gasteiger partial charge in [0.2, 0.25) is 0 Å². The minimum absolute atomic E-state index is 0.0135. The van der Waals surface area contributed by atoms with E-state index in [0.29, 0.717) is 18.4 Å². The van der Waals surface area contributed by atoms with Crippen molar-refractivity contribution in [3.05, 3.63) is 58.9 Å². The number of fused-ring (bicyclic) bond motifs is 1. The van der Waals surface area contributed by atoms with E-state index in [-0.39, 0.29) is 52.5 Å². The van der Waals surface area contributed by atoms with Crippen LogP contribution in [0.3, 0.4) is 0 Å². The Morgan fingerprint density at radius 1 is 0.939 bits per heavy atom. The second-order valence-corrected chi connectivity index (χ2v) is 9.82. The molecule has 1 saturated carbocycles. The maximum absolute atomic E-state index is 13.6.